The van der Waals surface area contributed by atoms with Crippen molar-refractivity contribution in [1.82, 2.24) is 4.90 Å². The molecule has 5 nitrogen and oxygen atoms in total. The minimum absolute atomic E-state index is 0.148. The number of benzene rings is 3. The van der Waals surface area contributed by atoms with Gasteiger partial charge in [0.05, 0.1) is 23.6 Å². The highest BCUT2D eigenvalue weighted by Gasteiger charge is 2.35. The summed E-state index contributed by atoms with van der Waals surface area (Å²) in [4.78, 5) is 26.8. The molecule has 0 radical (unpaired) electrons. The number of hydrogen-bond acceptors (Lipinski definition) is 5. The molecule has 0 atom stereocenters. The number of carbonyl (C=O) groups is 2. The quantitative estimate of drug-likeness (QED) is 0.269. The van der Waals surface area contributed by atoms with Crippen LogP contribution in [0.5, 0.6) is 11.5 Å². The summed E-state index contributed by atoms with van der Waals surface area (Å²) in [6.07, 6.45) is 1.60. The lowest BCUT2D eigenvalue weighted by atomic mass is 10.1. The molecule has 0 spiro atoms. The van der Waals surface area contributed by atoms with E-state index in [0.29, 0.717) is 32.1 Å². The molecule has 0 bridgehead atoms. The Morgan fingerprint density at radius 1 is 0.914 bits per heavy atom. The number of hydrogen-bond donors (Lipinski definition) is 0. The first-order chi connectivity index (χ1) is 16.7. The molecule has 35 heavy (non-hydrogen) atoms. The maximum atomic E-state index is 12.9. The average molecular weight is 569 g/mol. The number of thioether (sulfide) groups is 1. The van der Waals surface area contributed by atoms with E-state index in [1.165, 1.54) is 12.0 Å². The van der Waals surface area contributed by atoms with Crippen LogP contribution in [-0.2, 0) is 17.9 Å². The number of nitrogens with zero attached hydrogens (tertiary/aromatic N) is 1. The summed E-state index contributed by atoms with van der Waals surface area (Å²) in [5.41, 5.74) is 2.11. The fourth-order valence-corrected chi connectivity index (χ4v) is 5.01. The van der Waals surface area contributed by atoms with Crippen LogP contribution in [0, 0.1) is 0 Å². The Morgan fingerprint density at radius 3 is 2.31 bits per heavy atom. The average Bonchev–Trinajstić information content (AvgIpc) is 3.07. The molecule has 1 heterocycles. The third-order valence-electron chi connectivity index (χ3n) is 5.06. The van der Waals surface area contributed by atoms with Gasteiger partial charge < -0.3 is 9.47 Å². The van der Waals surface area contributed by atoms with Crippen LogP contribution < -0.4 is 9.47 Å². The number of rotatable bonds is 7. The van der Waals surface area contributed by atoms with Crippen LogP contribution in [0.3, 0.4) is 0 Å². The molecule has 10 heteroatoms. The van der Waals surface area contributed by atoms with Crippen molar-refractivity contribution in [1.29, 1.82) is 0 Å². The number of amides is 2. The lowest BCUT2D eigenvalue weighted by Gasteiger charge is -2.14. The summed E-state index contributed by atoms with van der Waals surface area (Å²) in [6, 6.07) is 15.4. The number of halogens is 4. The van der Waals surface area contributed by atoms with Crippen LogP contribution in [0.4, 0.5) is 4.79 Å². The van der Waals surface area contributed by atoms with Crippen molar-refractivity contribution in [3.8, 4) is 11.5 Å². The van der Waals surface area contributed by atoms with Gasteiger partial charge in [0.25, 0.3) is 11.1 Å². The van der Waals surface area contributed by atoms with Gasteiger partial charge in [-0.1, -0.05) is 64.6 Å². The summed E-state index contributed by atoms with van der Waals surface area (Å²) in [5.74, 6) is 0.310. The number of methoxy groups -OCH3 is 1. The molecule has 1 aliphatic rings. The Hall–Kier alpha value is -2.35. The first kappa shape index (κ1) is 25.7. The smallest absolute Gasteiger partial charge is 0.293 e. The number of imide groups is 1. The van der Waals surface area contributed by atoms with E-state index in [1.54, 1.807) is 60.7 Å². The van der Waals surface area contributed by atoms with Gasteiger partial charge >= 0.3 is 0 Å². The summed E-state index contributed by atoms with van der Waals surface area (Å²) in [7, 11) is 1.48. The van der Waals surface area contributed by atoms with Crippen molar-refractivity contribution in [3.63, 3.8) is 0 Å². The molecule has 1 aliphatic heterocycles. The van der Waals surface area contributed by atoms with Gasteiger partial charge in [0, 0.05) is 20.6 Å². The maximum absolute atomic E-state index is 12.9. The van der Waals surface area contributed by atoms with E-state index in [0.717, 1.165) is 22.9 Å². The monoisotopic (exact) mass is 567 g/mol. The molecule has 3 aromatic carbocycles. The van der Waals surface area contributed by atoms with E-state index < -0.39 is 0 Å². The van der Waals surface area contributed by atoms with Gasteiger partial charge in [-0.15, -0.1) is 0 Å². The second kappa shape index (κ2) is 11.1. The van der Waals surface area contributed by atoms with Crippen LogP contribution in [0.2, 0.25) is 20.1 Å². The second-order valence-electron chi connectivity index (χ2n) is 7.45. The molecule has 0 N–H and O–H groups in total. The molecular weight excluding hydrogens is 552 g/mol. The van der Waals surface area contributed by atoms with E-state index in [9.17, 15) is 9.59 Å². The standard InChI is InChI=1S/C25H17Cl4NO4S/c1-33-21-9-15(8-20(29)23(21)34-13-16-4-7-18(27)11-19(16)28)10-22-24(31)30(25(32)35-22)12-14-2-5-17(26)6-3-14/h2-11H,12-13H2,1H3/b22-10-. The zero-order valence-electron chi connectivity index (χ0n) is 18.2. The lowest BCUT2D eigenvalue weighted by Crippen LogP contribution is -2.27. The van der Waals surface area contributed by atoms with Gasteiger partial charge in [-0.05, 0) is 65.4 Å². The van der Waals surface area contributed by atoms with Crippen molar-refractivity contribution < 1.29 is 19.1 Å². The molecule has 3 aromatic rings. The van der Waals surface area contributed by atoms with Crippen LogP contribution in [0.15, 0.2) is 59.5 Å². The highest BCUT2D eigenvalue weighted by Crippen LogP contribution is 2.40. The topological polar surface area (TPSA) is 55.8 Å². The summed E-state index contributed by atoms with van der Waals surface area (Å²) >= 11 is 25.4. The van der Waals surface area contributed by atoms with Gasteiger partial charge in [0.2, 0.25) is 0 Å². The summed E-state index contributed by atoms with van der Waals surface area (Å²) in [5, 5.41) is 1.50. The summed E-state index contributed by atoms with van der Waals surface area (Å²) < 4.78 is 11.3. The van der Waals surface area contributed by atoms with Gasteiger partial charge in [-0.3, -0.25) is 14.5 Å². The van der Waals surface area contributed by atoms with Crippen molar-refractivity contribution in [2.45, 2.75) is 13.2 Å². The molecule has 1 fully saturated rings. The SMILES string of the molecule is COc1cc(/C=C2\SC(=O)N(Cc3ccc(Cl)cc3)C2=O)cc(Cl)c1OCc1ccc(Cl)cc1Cl. The van der Waals surface area contributed by atoms with Gasteiger partial charge in [0.1, 0.15) is 6.61 Å². The molecule has 0 saturated carbocycles. The fourth-order valence-electron chi connectivity index (χ4n) is 3.31. The molecule has 180 valence electrons. The van der Waals surface area contributed by atoms with Gasteiger partial charge in [-0.25, -0.2) is 0 Å². The largest absolute Gasteiger partial charge is 0.493 e. The highest BCUT2D eigenvalue weighted by molar-refractivity contribution is 8.18. The second-order valence-corrected chi connectivity index (χ2v) is 10.1. The lowest BCUT2D eigenvalue weighted by molar-refractivity contribution is -0.123. The van der Waals surface area contributed by atoms with E-state index in [4.69, 9.17) is 55.9 Å². The van der Waals surface area contributed by atoms with Gasteiger partial charge in [0.15, 0.2) is 11.5 Å². The van der Waals surface area contributed by atoms with Gasteiger partial charge in [-0.2, -0.15) is 0 Å². The highest BCUT2D eigenvalue weighted by atomic mass is 35.5. The van der Waals surface area contributed by atoms with E-state index in [1.807, 2.05) is 0 Å². The number of ether oxygens (including phenoxy) is 2. The van der Waals surface area contributed by atoms with E-state index >= 15 is 0 Å². The van der Waals surface area contributed by atoms with Crippen molar-refractivity contribution in [3.05, 3.63) is 96.3 Å². The Balaban J connectivity index is 1.53. The van der Waals surface area contributed by atoms with Crippen LogP contribution in [0.25, 0.3) is 6.08 Å². The molecule has 0 aliphatic carbocycles. The zero-order chi connectivity index (χ0) is 25.1. The van der Waals surface area contributed by atoms with Crippen LogP contribution in [-0.4, -0.2) is 23.2 Å². The Labute approximate surface area is 226 Å². The Morgan fingerprint density at radius 2 is 1.63 bits per heavy atom. The minimum Gasteiger partial charge on any atom is -0.493 e. The first-order valence-corrected chi connectivity index (χ1v) is 12.5. The van der Waals surface area contributed by atoms with Crippen molar-refractivity contribution in [2.75, 3.05) is 7.11 Å². The molecule has 2 amide bonds. The molecule has 0 aromatic heterocycles. The first-order valence-electron chi connectivity index (χ1n) is 10.2. The van der Waals surface area contributed by atoms with Crippen LogP contribution in [0.1, 0.15) is 16.7 Å². The number of carbonyl (C=O) groups excluding carboxylic acids is 2. The van der Waals surface area contributed by atoms with E-state index in [-0.39, 0.29) is 34.2 Å². The molecular formula is C25H17Cl4NO4S. The Kier molecular flexibility index (Phi) is 8.19. The molecule has 4 rings (SSSR count). The van der Waals surface area contributed by atoms with E-state index in [2.05, 4.69) is 0 Å². The third kappa shape index (κ3) is 6.08. The van der Waals surface area contributed by atoms with Crippen molar-refractivity contribution in [2.24, 2.45) is 0 Å². The predicted molar refractivity (Wildman–Crippen MR) is 142 cm³/mol. The fraction of sp³-hybridized carbons (Fsp3) is 0.120. The minimum atomic E-state index is -0.386. The summed E-state index contributed by atoms with van der Waals surface area (Å²) in [6.45, 7) is 0.304. The maximum Gasteiger partial charge on any atom is 0.293 e. The molecule has 1 saturated heterocycles. The predicted octanol–water partition coefficient (Wildman–Crippen LogP) is 8.12. The normalized spacial score (nSPS) is 14.7. The third-order valence-corrected chi connectivity index (χ3v) is 7.09. The molecule has 0 unspecified atom stereocenters. The zero-order valence-corrected chi connectivity index (χ0v) is 22.0. The van der Waals surface area contributed by atoms with Crippen LogP contribution >= 0.6 is 58.2 Å². The van der Waals surface area contributed by atoms with Crippen molar-refractivity contribution >= 4 is 75.4 Å². The Bertz CT molecular complexity index is 1330.